The summed E-state index contributed by atoms with van der Waals surface area (Å²) in [6.07, 6.45) is 0.323. The van der Waals surface area contributed by atoms with Gasteiger partial charge in [-0.15, -0.1) is 0 Å². The molecule has 0 aromatic heterocycles. The summed E-state index contributed by atoms with van der Waals surface area (Å²) in [6, 6.07) is 15.3. The minimum Gasteiger partial charge on any atom is -0.381 e. The van der Waals surface area contributed by atoms with Crippen LogP contribution in [0.4, 0.5) is 0 Å². The fourth-order valence-corrected chi connectivity index (χ4v) is 2.92. The lowest BCUT2D eigenvalue weighted by Gasteiger charge is -2.25. The van der Waals surface area contributed by atoms with Crippen LogP contribution in [0.1, 0.15) is 48.1 Å². The second-order valence-electron chi connectivity index (χ2n) is 6.78. The summed E-state index contributed by atoms with van der Waals surface area (Å²) in [5.41, 5.74) is 6.33. The predicted octanol–water partition coefficient (Wildman–Crippen LogP) is 1.68. The molecule has 0 spiro atoms. The zero-order valence-corrected chi connectivity index (χ0v) is 16.4. The van der Waals surface area contributed by atoms with Gasteiger partial charge in [-0.1, -0.05) is 68.3 Å². The molecule has 154 valence electrons. The average molecular weight is 397 g/mol. The van der Waals surface area contributed by atoms with Crippen molar-refractivity contribution < 1.29 is 19.5 Å². The van der Waals surface area contributed by atoms with Crippen LogP contribution in [0.2, 0.25) is 0 Å². The first-order chi connectivity index (χ1) is 13.9. The molecule has 7 nitrogen and oxygen atoms in total. The van der Waals surface area contributed by atoms with Gasteiger partial charge in [0.25, 0.3) is 11.8 Å². The van der Waals surface area contributed by atoms with E-state index < -0.39 is 35.9 Å². The Hall–Kier alpha value is -3.19. The number of amides is 3. The SMILES string of the molecule is CCCC[C@@H](NC(=O)[C@H](O)[C@@H](NC(=O)c1ccccc1)c1ccccc1)C(N)=O. The Balaban J connectivity index is 2.20. The van der Waals surface area contributed by atoms with Crippen LogP contribution in [0.3, 0.4) is 0 Å². The van der Waals surface area contributed by atoms with Crippen molar-refractivity contribution in [1.29, 1.82) is 0 Å². The monoisotopic (exact) mass is 397 g/mol. The molecule has 0 bridgehead atoms. The molecule has 0 aliphatic carbocycles. The van der Waals surface area contributed by atoms with Crippen molar-refractivity contribution in [2.75, 3.05) is 0 Å². The highest BCUT2D eigenvalue weighted by Crippen LogP contribution is 2.18. The number of carbonyl (C=O) groups excluding carboxylic acids is 3. The molecule has 2 aromatic rings. The highest BCUT2D eigenvalue weighted by Gasteiger charge is 2.31. The Morgan fingerprint density at radius 3 is 2.10 bits per heavy atom. The summed E-state index contributed by atoms with van der Waals surface area (Å²) in [6.45, 7) is 1.96. The highest BCUT2D eigenvalue weighted by molar-refractivity contribution is 5.95. The molecular weight excluding hydrogens is 370 g/mol. The molecule has 0 fully saturated rings. The van der Waals surface area contributed by atoms with Crippen LogP contribution in [0.25, 0.3) is 0 Å². The molecule has 3 atom stereocenters. The number of hydrogen-bond acceptors (Lipinski definition) is 4. The lowest BCUT2D eigenvalue weighted by molar-refractivity contribution is -0.134. The standard InChI is InChI=1S/C22H27N3O4/c1-2-3-14-17(20(23)27)24-22(29)19(26)18(15-10-6-4-7-11-15)25-21(28)16-12-8-5-9-13-16/h4-13,17-19,26H,2-3,14H2,1H3,(H2,23,27)(H,24,29)(H,25,28)/t17-,18+,19-/m1/s1. The maximum absolute atomic E-state index is 12.6. The van der Waals surface area contributed by atoms with E-state index in [1.165, 1.54) is 0 Å². The molecule has 0 heterocycles. The van der Waals surface area contributed by atoms with Gasteiger partial charge in [0.05, 0.1) is 6.04 Å². The summed E-state index contributed by atoms with van der Waals surface area (Å²) in [5, 5.41) is 15.9. The zero-order chi connectivity index (χ0) is 21.2. The molecule has 0 unspecified atom stereocenters. The van der Waals surface area contributed by atoms with Crippen LogP contribution in [0.15, 0.2) is 60.7 Å². The molecule has 0 saturated heterocycles. The first-order valence-electron chi connectivity index (χ1n) is 9.62. The van der Waals surface area contributed by atoms with Gasteiger partial charge < -0.3 is 21.5 Å². The van der Waals surface area contributed by atoms with E-state index in [4.69, 9.17) is 5.73 Å². The van der Waals surface area contributed by atoms with Crippen LogP contribution in [0.5, 0.6) is 0 Å². The average Bonchev–Trinajstić information content (AvgIpc) is 2.75. The van der Waals surface area contributed by atoms with E-state index in [1.807, 2.05) is 6.92 Å². The molecule has 0 aliphatic rings. The molecule has 7 heteroatoms. The number of benzene rings is 2. The molecule has 0 radical (unpaired) electrons. The summed E-state index contributed by atoms with van der Waals surface area (Å²) < 4.78 is 0. The van der Waals surface area contributed by atoms with Crippen molar-refractivity contribution in [2.24, 2.45) is 5.73 Å². The third-order valence-corrected chi connectivity index (χ3v) is 4.57. The topological polar surface area (TPSA) is 122 Å². The van der Waals surface area contributed by atoms with Crippen LogP contribution in [0, 0.1) is 0 Å². The first-order valence-corrected chi connectivity index (χ1v) is 9.62. The van der Waals surface area contributed by atoms with Crippen molar-refractivity contribution in [3.05, 3.63) is 71.8 Å². The van der Waals surface area contributed by atoms with Crippen LogP contribution < -0.4 is 16.4 Å². The van der Waals surface area contributed by atoms with Crippen LogP contribution >= 0.6 is 0 Å². The molecule has 2 rings (SSSR count). The van der Waals surface area contributed by atoms with E-state index in [-0.39, 0.29) is 0 Å². The molecule has 5 N–H and O–H groups in total. The van der Waals surface area contributed by atoms with Crippen molar-refractivity contribution in [3.63, 3.8) is 0 Å². The maximum Gasteiger partial charge on any atom is 0.252 e. The van der Waals surface area contributed by atoms with E-state index in [0.29, 0.717) is 24.0 Å². The lowest BCUT2D eigenvalue weighted by Crippen LogP contribution is -2.51. The minimum atomic E-state index is -1.60. The number of carbonyl (C=O) groups is 3. The summed E-state index contributed by atoms with van der Waals surface area (Å²) in [4.78, 5) is 36.9. The van der Waals surface area contributed by atoms with Gasteiger partial charge in [0.1, 0.15) is 6.04 Å². The predicted molar refractivity (Wildman–Crippen MR) is 110 cm³/mol. The van der Waals surface area contributed by atoms with Crippen molar-refractivity contribution >= 4 is 17.7 Å². The van der Waals surface area contributed by atoms with E-state index in [2.05, 4.69) is 10.6 Å². The molecule has 29 heavy (non-hydrogen) atoms. The van der Waals surface area contributed by atoms with E-state index >= 15 is 0 Å². The molecule has 3 amide bonds. The second kappa shape index (κ2) is 11.0. The third kappa shape index (κ3) is 6.43. The van der Waals surface area contributed by atoms with Gasteiger partial charge in [0.2, 0.25) is 5.91 Å². The Morgan fingerprint density at radius 1 is 0.966 bits per heavy atom. The number of aliphatic hydroxyl groups excluding tert-OH is 1. The van der Waals surface area contributed by atoms with E-state index in [0.717, 1.165) is 6.42 Å². The van der Waals surface area contributed by atoms with Crippen molar-refractivity contribution in [2.45, 2.75) is 44.4 Å². The smallest absolute Gasteiger partial charge is 0.252 e. The largest absolute Gasteiger partial charge is 0.381 e. The van der Waals surface area contributed by atoms with Gasteiger partial charge in [0, 0.05) is 5.56 Å². The molecule has 0 saturated carbocycles. The number of primary amides is 1. The Morgan fingerprint density at radius 2 is 1.55 bits per heavy atom. The van der Waals surface area contributed by atoms with Crippen molar-refractivity contribution in [1.82, 2.24) is 10.6 Å². The highest BCUT2D eigenvalue weighted by atomic mass is 16.3. The van der Waals surface area contributed by atoms with E-state index in [9.17, 15) is 19.5 Å². The number of aliphatic hydroxyl groups is 1. The van der Waals surface area contributed by atoms with Crippen LogP contribution in [-0.4, -0.2) is 35.0 Å². The Bertz CT molecular complexity index is 811. The van der Waals surface area contributed by atoms with Gasteiger partial charge >= 0.3 is 0 Å². The zero-order valence-electron chi connectivity index (χ0n) is 16.4. The van der Waals surface area contributed by atoms with Gasteiger partial charge in [-0.2, -0.15) is 0 Å². The normalized spacial score (nSPS) is 13.7. The number of rotatable bonds is 10. The summed E-state index contributed by atoms with van der Waals surface area (Å²) in [5.74, 6) is -1.86. The fourth-order valence-electron chi connectivity index (χ4n) is 2.92. The van der Waals surface area contributed by atoms with Crippen LogP contribution in [-0.2, 0) is 9.59 Å². The van der Waals surface area contributed by atoms with Gasteiger partial charge in [-0.05, 0) is 24.1 Å². The van der Waals surface area contributed by atoms with Crippen molar-refractivity contribution in [3.8, 4) is 0 Å². The molecular formula is C22H27N3O4. The van der Waals surface area contributed by atoms with E-state index in [1.54, 1.807) is 60.7 Å². The third-order valence-electron chi connectivity index (χ3n) is 4.57. The number of unbranched alkanes of at least 4 members (excludes halogenated alkanes) is 1. The first kappa shape index (κ1) is 22.1. The Kier molecular flexibility index (Phi) is 8.36. The van der Waals surface area contributed by atoms with Gasteiger partial charge in [0.15, 0.2) is 6.10 Å². The summed E-state index contributed by atoms with van der Waals surface area (Å²) >= 11 is 0. The number of nitrogens with two attached hydrogens (primary N) is 1. The van der Waals surface area contributed by atoms with Gasteiger partial charge in [-0.25, -0.2) is 0 Å². The number of nitrogens with one attached hydrogen (secondary N) is 2. The maximum atomic E-state index is 12.6. The summed E-state index contributed by atoms with van der Waals surface area (Å²) in [7, 11) is 0. The quantitative estimate of drug-likeness (QED) is 0.487. The molecule has 0 aliphatic heterocycles. The lowest BCUT2D eigenvalue weighted by atomic mass is 9.99. The fraction of sp³-hybridized carbons (Fsp3) is 0.318. The van der Waals surface area contributed by atoms with Gasteiger partial charge in [-0.3, -0.25) is 14.4 Å². The minimum absolute atomic E-state index is 0.386. The second-order valence-corrected chi connectivity index (χ2v) is 6.78. The molecule has 2 aromatic carbocycles. The number of hydrogen-bond donors (Lipinski definition) is 4. The Labute approximate surface area is 170 Å².